The van der Waals surface area contributed by atoms with Gasteiger partial charge in [-0.1, -0.05) is 0 Å². The second-order valence-electron chi connectivity index (χ2n) is 4.45. The van der Waals surface area contributed by atoms with Crippen LogP contribution in [0.25, 0.3) is 0 Å². The molecule has 0 aromatic heterocycles. The number of piperazine rings is 1. The smallest absolute Gasteiger partial charge is 0.349 e. The fourth-order valence-corrected chi connectivity index (χ4v) is 3.06. The van der Waals surface area contributed by atoms with Gasteiger partial charge in [-0.05, 0) is 7.05 Å². The van der Waals surface area contributed by atoms with Crippen LogP contribution in [0.2, 0.25) is 0 Å². The number of carboxylic acid groups (broad SMARTS) is 1. The van der Waals surface area contributed by atoms with Crippen molar-refractivity contribution in [2.24, 2.45) is 4.40 Å². The Morgan fingerprint density at radius 3 is 2.56 bits per heavy atom. The predicted octanol–water partition coefficient (Wildman–Crippen LogP) is -1.01. The first-order valence-electron chi connectivity index (χ1n) is 5.58. The van der Waals surface area contributed by atoms with E-state index in [0.29, 0.717) is 6.54 Å². The highest BCUT2D eigenvalue weighted by Crippen LogP contribution is 2.21. The van der Waals surface area contributed by atoms with Gasteiger partial charge in [-0.3, -0.25) is 4.90 Å². The summed E-state index contributed by atoms with van der Waals surface area (Å²) in [4.78, 5) is 14.6. The van der Waals surface area contributed by atoms with Gasteiger partial charge in [0.2, 0.25) is 0 Å². The molecule has 100 valence electrons. The van der Waals surface area contributed by atoms with Gasteiger partial charge in [-0.15, -0.1) is 0 Å². The second kappa shape index (κ2) is 4.79. The molecule has 0 aromatic carbocycles. The summed E-state index contributed by atoms with van der Waals surface area (Å²) in [6.07, 6.45) is 1.15. The lowest BCUT2D eigenvalue weighted by Gasteiger charge is -2.32. The molecule has 2 aliphatic heterocycles. The summed E-state index contributed by atoms with van der Waals surface area (Å²) in [7, 11) is -1.97. The molecule has 8 heteroatoms. The monoisotopic (exact) mass is 273 g/mol. The molecule has 0 amide bonds. The molecule has 0 atom stereocenters. The molecule has 7 nitrogen and oxygen atoms in total. The molecular weight excluding hydrogens is 258 g/mol. The molecule has 1 N–H and O–H groups in total. The summed E-state index contributed by atoms with van der Waals surface area (Å²) in [5.74, 6) is -1.43. The Morgan fingerprint density at radius 1 is 1.39 bits per heavy atom. The molecule has 0 aromatic rings. The number of likely N-dealkylation sites (N-methyl/N-ethyl adjacent to an activating group) is 1. The number of carboxylic acids is 1. The zero-order valence-electron chi connectivity index (χ0n) is 10.0. The Kier molecular flexibility index (Phi) is 3.51. The van der Waals surface area contributed by atoms with Gasteiger partial charge in [0.15, 0.2) is 4.91 Å². The Balaban J connectivity index is 2.15. The van der Waals surface area contributed by atoms with Crippen molar-refractivity contribution in [3.8, 4) is 0 Å². The van der Waals surface area contributed by atoms with Crippen molar-refractivity contribution in [2.75, 3.05) is 39.8 Å². The third-order valence-electron chi connectivity index (χ3n) is 3.08. The Labute approximate surface area is 105 Å². The molecule has 0 spiro atoms. The van der Waals surface area contributed by atoms with Crippen LogP contribution in [-0.4, -0.2) is 75.3 Å². The fourth-order valence-electron chi connectivity index (χ4n) is 2.02. The van der Waals surface area contributed by atoms with Crippen LogP contribution in [0.1, 0.15) is 0 Å². The van der Waals surface area contributed by atoms with E-state index in [4.69, 9.17) is 5.11 Å². The minimum Gasteiger partial charge on any atom is -0.477 e. The van der Waals surface area contributed by atoms with E-state index in [1.165, 1.54) is 0 Å². The molecule has 2 aliphatic rings. The molecule has 0 bridgehead atoms. The normalized spacial score (nSPS) is 24.7. The van der Waals surface area contributed by atoms with E-state index in [0.717, 1.165) is 32.4 Å². The largest absolute Gasteiger partial charge is 0.477 e. The summed E-state index contributed by atoms with van der Waals surface area (Å²) < 4.78 is 26.2. The van der Waals surface area contributed by atoms with Crippen molar-refractivity contribution in [1.29, 1.82) is 0 Å². The van der Waals surface area contributed by atoms with E-state index in [1.54, 1.807) is 0 Å². The fraction of sp³-hybridized carbons (Fsp3) is 0.600. The van der Waals surface area contributed by atoms with Gasteiger partial charge in [0.05, 0.1) is 0 Å². The van der Waals surface area contributed by atoms with E-state index < -0.39 is 20.9 Å². The van der Waals surface area contributed by atoms with Crippen LogP contribution in [-0.2, 0) is 14.8 Å². The van der Waals surface area contributed by atoms with E-state index in [1.807, 2.05) is 11.9 Å². The lowest BCUT2D eigenvalue weighted by atomic mass is 10.2. The first kappa shape index (κ1) is 13.2. The number of aliphatic carboxylic acids is 1. The van der Waals surface area contributed by atoms with E-state index >= 15 is 0 Å². The number of rotatable bonds is 3. The molecular formula is C10H15N3O4S. The van der Waals surface area contributed by atoms with Gasteiger partial charge >= 0.3 is 5.97 Å². The van der Waals surface area contributed by atoms with Crippen molar-refractivity contribution in [3.05, 3.63) is 10.5 Å². The van der Waals surface area contributed by atoms with E-state index in [9.17, 15) is 13.2 Å². The standard InChI is InChI=1S/C10H15N3O4S/c1-12-2-4-13(5-3-12)7-8-6-11-18(16,17)9(8)10(14)15/h6H,2-5,7H2,1H3,(H,14,15). The first-order chi connectivity index (χ1) is 8.40. The van der Waals surface area contributed by atoms with Gasteiger partial charge in [0.25, 0.3) is 10.0 Å². The maximum Gasteiger partial charge on any atom is 0.349 e. The summed E-state index contributed by atoms with van der Waals surface area (Å²) in [6.45, 7) is 3.68. The van der Waals surface area contributed by atoms with Crippen molar-refractivity contribution in [1.82, 2.24) is 9.80 Å². The summed E-state index contributed by atoms with van der Waals surface area (Å²) in [5.41, 5.74) is 0.270. The van der Waals surface area contributed by atoms with Crippen molar-refractivity contribution >= 4 is 22.2 Å². The lowest BCUT2D eigenvalue weighted by molar-refractivity contribution is -0.131. The maximum atomic E-state index is 11.4. The maximum absolute atomic E-state index is 11.4. The molecule has 0 aliphatic carbocycles. The second-order valence-corrected chi connectivity index (χ2v) is 6.02. The number of nitrogens with zero attached hydrogens (tertiary/aromatic N) is 3. The Morgan fingerprint density at radius 2 is 2.00 bits per heavy atom. The molecule has 0 radical (unpaired) electrons. The van der Waals surface area contributed by atoms with Gasteiger partial charge in [0, 0.05) is 44.5 Å². The number of hydrogen-bond donors (Lipinski definition) is 1. The Hall–Kier alpha value is -1.25. The zero-order chi connectivity index (χ0) is 13.3. The highest BCUT2D eigenvalue weighted by Gasteiger charge is 2.32. The van der Waals surface area contributed by atoms with Gasteiger partial charge in [-0.2, -0.15) is 12.8 Å². The molecule has 18 heavy (non-hydrogen) atoms. The molecule has 0 saturated carbocycles. The van der Waals surface area contributed by atoms with Crippen LogP contribution in [0, 0.1) is 0 Å². The summed E-state index contributed by atoms with van der Waals surface area (Å²) >= 11 is 0. The van der Waals surface area contributed by atoms with Gasteiger partial charge < -0.3 is 10.0 Å². The van der Waals surface area contributed by atoms with E-state index in [-0.39, 0.29) is 5.57 Å². The quantitative estimate of drug-likeness (QED) is 0.708. The van der Waals surface area contributed by atoms with Crippen LogP contribution < -0.4 is 0 Å². The SMILES string of the molecule is CN1CCN(CC2=C(C(=O)O)S(=O)(=O)N=C2)CC1. The lowest BCUT2D eigenvalue weighted by Crippen LogP contribution is -2.45. The third-order valence-corrected chi connectivity index (χ3v) is 4.42. The number of sulfonamides is 1. The predicted molar refractivity (Wildman–Crippen MR) is 66.0 cm³/mol. The van der Waals surface area contributed by atoms with Crippen molar-refractivity contribution in [2.45, 2.75) is 0 Å². The van der Waals surface area contributed by atoms with E-state index in [2.05, 4.69) is 9.30 Å². The molecule has 1 saturated heterocycles. The molecule has 1 fully saturated rings. The Bertz CT molecular complexity index is 515. The van der Waals surface area contributed by atoms with Crippen molar-refractivity contribution in [3.63, 3.8) is 0 Å². The average molecular weight is 273 g/mol. The van der Waals surface area contributed by atoms with Crippen molar-refractivity contribution < 1.29 is 18.3 Å². The van der Waals surface area contributed by atoms with Crippen LogP contribution in [0.15, 0.2) is 14.9 Å². The molecule has 0 unspecified atom stereocenters. The summed E-state index contributed by atoms with van der Waals surface area (Å²) in [5, 5.41) is 8.95. The first-order valence-corrected chi connectivity index (χ1v) is 7.02. The van der Waals surface area contributed by atoms with Gasteiger partial charge in [0.1, 0.15) is 0 Å². The number of hydrogen-bond acceptors (Lipinski definition) is 5. The highest BCUT2D eigenvalue weighted by molar-refractivity contribution is 7.95. The van der Waals surface area contributed by atoms with Crippen LogP contribution in [0.3, 0.4) is 0 Å². The highest BCUT2D eigenvalue weighted by atomic mass is 32.2. The third kappa shape index (κ3) is 2.60. The van der Waals surface area contributed by atoms with Crippen LogP contribution in [0.4, 0.5) is 0 Å². The zero-order valence-corrected chi connectivity index (χ0v) is 10.9. The van der Waals surface area contributed by atoms with Gasteiger partial charge in [-0.25, -0.2) is 4.79 Å². The number of carbonyl (C=O) groups is 1. The average Bonchev–Trinajstić information content (AvgIpc) is 2.57. The minimum atomic E-state index is -3.98. The molecule has 2 rings (SSSR count). The summed E-state index contributed by atoms with van der Waals surface area (Å²) in [6, 6.07) is 0. The van der Waals surface area contributed by atoms with Crippen LogP contribution in [0.5, 0.6) is 0 Å². The molecule has 2 heterocycles. The van der Waals surface area contributed by atoms with Crippen LogP contribution >= 0.6 is 0 Å². The topological polar surface area (TPSA) is 90.3 Å². The minimum absolute atomic E-state index is 0.270.